The number of benzene rings is 2. The molecule has 2 aliphatic heterocycles. The van der Waals surface area contributed by atoms with Gasteiger partial charge in [0, 0.05) is 25.9 Å². The van der Waals surface area contributed by atoms with Crippen molar-refractivity contribution in [3.63, 3.8) is 0 Å². The van der Waals surface area contributed by atoms with Crippen LogP contribution in [0.15, 0.2) is 54.6 Å². The monoisotopic (exact) mass is 379 g/mol. The smallest absolute Gasteiger partial charge is 0.321 e. The van der Waals surface area contributed by atoms with Gasteiger partial charge in [-0.05, 0) is 30.7 Å². The summed E-state index contributed by atoms with van der Waals surface area (Å²) in [7, 11) is 1.60. The summed E-state index contributed by atoms with van der Waals surface area (Å²) >= 11 is 0. The number of carbonyl (C=O) groups excluding carboxylic acids is 1. The molecule has 2 heterocycles. The fourth-order valence-corrected chi connectivity index (χ4v) is 3.63. The van der Waals surface area contributed by atoms with Crippen LogP contribution >= 0.6 is 0 Å². The molecule has 4 rings (SSSR count). The normalized spacial score (nSPS) is 17.8. The number of para-hydroxylation sites is 2. The third-order valence-corrected chi connectivity index (χ3v) is 5.38. The van der Waals surface area contributed by atoms with Crippen LogP contribution in [0.25, 0.3) is 5.70 Å². The van der Waals surface area contributed by atoms with E-state index in [9.17, 15) is 4.79 Å². The van der Waals surface area contributed by atoms with E-state index in [4.69, 9.17) is 9.57 Å². The van der Waals surface area contributed by atoms with E-state index < -0.39 is 0 Å². The summed E-state index contributed by atoms with van der Waals surface area (Å²) in [6, 6.07) is 15.7. The molecule has 1 fully saturated rings. The second-order valence-electron chi connectivity index (χ2n) is 7.31. The number of methoxy groups -OCH3 is 1. The number of nitrogens with zero attached hydrogens (tertiary/aromatic N) is 1. The number of rotatable bonds is 3. The molecular formula is C22H25N3O3. The lowest BCUT2D eigenvalue weighted by Gasteiger charge is -2.36. The highest BCUT2D eigenvalue weighted by Gasteiger charge is 2.39. The number of likely N-dealkylation sites (tertiary alicyclic amines) is 1. The highest BCUT2D eigenvalue weighted by molar-refractivity contribution is 5.91. The van der Waals surface area contributed by atoms with E-state index >= 15 is 0 Å². The Labute approximate surface area is 165 Å². The van der Waals surface area contributed by atoms with Crippen LogP contribution in [0.3, 0.4) is 0 Å². The third kappa shape index (κ3) is 3.68. The van der Waals surface area contributed by atoms with Gasteiger partial charge in [-0.2, -0.15) is 0 Å². The van der Waals surface area contributed by atoms with Gasteiger partial charge in [-0.1, -0.05) is 42.0 Å². The van der Waals surface area contributed by atoms with Crippen LogP contribution in [0.5, 0.6) is 5.75 Å². The lowest BCUT2D eigenvalue weighted by Crippen LogP contribution is -2.48. The van der Waals surface area contributed by atoms with Crippen molar-refractivity contribution in [3.05, 3.63) is 65.7 Å². The topological polar surface area (TPSA) is 62.8 Å². The quantitative estimate of drug-likeness (QED) is 0.848. The van der Waals surface area contributed by atoms with Crippen molar-refractivity contribution in [3.8, 4) is 5.75 Å². The number of anilines is 1. The lowest BCUT2D eigenvalue weighted by atomic mass is 9.90. The molecule has 2 amide bonds. The molecule has 0 unspecified atom stereocenters. The molecule has 6 nitrogen and oxygen atoms in total. The Bertz CT molecular complexity index is 884. The van der Waals surface area contributed by atoms with Gasteiger partial charge in [0.15, 0.2) is 0 Å². The van der Waals surface area contributed by atoms with Gasteiger partial charge in [-0.25, -0.2) is 4.79 Å². The van der Waals surface area contributed by atoms with E-state index in [2.05, 4.69) is 48.1 Å². The lowest BCUT2D eigenvalue weighted by molar-refractivity contribution is -0.0634. The van der Waals surface area contributed by atoms with E-state index in [1.807, 2.05) is 29.2 Å². The number of carbonyl (C=O) groups is 1. The van der Waals surface area contributed by atoms with Gasteiger partial charge in [-0.3, -0.25) is 10.3 Å². The molecule has 2 aromatic rings. The second-order valence-corrected chi connectivity index (χ2v) is 7.31. The molecule has 0 atom stereocenters. The minimum Gasteiger partial charge on any atom is -0.495 e. The number of hydroxylamine groups is 1. The summed E-state index contributed by atoms with van der Waals surface area (Å²) < 4.78 is 5.30. The summed E-state index contributed by atoms with van der Waals surface area (Å²) in [6.45, 7) is 3.32. The number of nitrogens with one attached hydrogen (secondary N) is 2. The van der Waals surface area contributed by atoms with Crippen molar-refractivity contribution in [1.29, 1.82) is 0 Å². The predicted molar refractivity (Wildman–Crippen MR) is 109 cm³/mol. The number of hydrogen-bond donors (Lipinski definition) is 2. The Morgan fingerprint density at radius 1 is 1.14 bits per heavy atom. The van der Waals surface area contributed by atoms with Crippen LogP contribution in [0.4, 0.5) is 10.5 Å². The van der Waals surface area contributed by atoms with Gasteiger partial charge in [0.1, 0.15) is 11.4 Å². The van der Waals surface area contributed by atoms with E-state index in [-0.39, 0.29) is 11.6 Å². The van der Waals surface area contributed by atoms with Crippen molar-refractivity contribution in [2.45, 2.75) is 25.4 Å². The molecule has 28 heavy (non-hydrogen) atoms. The van der Waals surface area contributed by atoms with Gasteiger partial charge in [0.25, 0.3) is 0 Å². The van der Waals surface area contributed by atoms with Crippen LogP contribution < -0.4 is 15.5 Å². The highest BCUT2D eigenvalue weighted by Crippen LogP contribution is 2.35. The molecule has 6 heteroatoms. The molecule has 1 saturated heterocycles. The number of ether oxygens (including phenoxy) is 1. The average molecular weight is 379 g/mol. The fraction of sp³-hybridized carbons (Fsp3) is 0.318. The van der Waals surface area contributed by atoms with Crippen LogP contribution in [0.2, 0.25) is 0 Å². The number of aryl methyl sites for hydroxylation is 1. The zero-order valence-electron chi connectivity index (χ0n) is 16.2. The van der Waals surface area contributed by atoms with Crippen molar-refractivity contribution in [2.24, 2.45) is 0 Å². The number of amides is 2. The van der Waals surface area contributed by atoms with Crippen LogP contribution in [-0.4, -0.2) is 36.7 Å². The Morgan fingerprint density at radius 2 is 1.86 bits per heavy atom. The zero-order valence-corrected chi connectivity index (χ0v) is 16.2. The number of piperidine rings is 1. The molecule has 146 valence electrons. The van der Waals surface area contributed by atoms with E-state index in [1.165, 1.54) is 5.56 Å². The first-order chi connectivity index (χ1) is 13.6. The minimum atomic E-state index is -0.360. The fourth-order valence-electron chi connectivity index (χ4n) is 3.63. The summed E-state index contributed by atoms with van der Waals surface area (Å²) in [5.41, 5.74) is 6.73. The number of urea groups is 1. The van der Waals surface area contributed by atoms with Crippen LogP contribution in [0, 0.1) is 6.92 Å². The molecule has 2 N–H and O–H groups in total. The second kappa shape index (κ2) is 7.56. The molecule has 0 saturated carbocycles. The molecule has 0 bridgehead atoms. The summed E-state index contributed by atoms with van der Waals surface area (Å²) in [6.07, 6.45) is 3.65. The molecule has 0 aliphatic carbocycles. The first-order valence-electron chi connectivity index (χ1n) is 9.51. The molecule has 0 radical (unpaired) electrons. The standard InChI is InChI=1S/C22H25N3O3/c1-16-7-9-17(10-8-16)19-15-22(28-24-19)11-13-25(14-12-22)21(26)23-18-5-3-4-6-20(18)27-2/h3-10,15,24H,11-14H2,1-2H3,(H,23,26). The largest absolute Gasteiger partial charge is 0.495 e. The van der Waals surface area contributed by atoms with Gasteiger partial charge < -0.3 is 15.0 Å². The van der Waals surface area contributed by atoms with Crippen LogP contribution in [0.1, 0.15) is 24.0 Å². The summed E-state index contributed by atoms with van der Waals surface area (Å²) in [5.74, 6) is 0.651. The maximum atomic E-state index is 12.6. The molecule has 2 aliphatic rings. The van der Waals surface area contributed by atoms with Gasteiger partial charge >= 0.3 is 6.03 Å². The molecular weight excluding hydrogens is 354 g/mol. The van der Waals surface area contributed by atoms with E-state index in [1.54, 1.807) is 7.11 Å². The van der Waals surface area contributed by atoms with Crippen molar-refractivity contribution >= 4 is 17.4 Å². The van der Waals surface area contributed by atoms with Gasteiger partial charge in [0.05, 0.1) is 18.5 Å². The third-order valence-electron chi connectivity index (χ3n) is 5.38. The minimum absolute atomic E-state index is 0.118. The Hall–Kier alpha value is -2.99. The summed E-state index contributed by atoms with van der Waals surface area (Å²) in [5, 5.41) is 2.94. The first-order valence-corrected chi connectivity index (χ1v) is 9.51. The van der Waals surface area contributed by atoms with Crippen molar-refractivity contribution in [1.82, 2.24) is 10.4 Å². The number of hydrogen-bond acceptors (Lipinski definition) is 4. The highest BCUT2D eigenvalue weighted by atomic mass is 16.7. The first kappa shape index (κ1) is 18.4. The molecule has 0 aromatic heterocycles. The van der Waals surface area contributed by atoms with Crippen molar-refractivity contribution < 1.29 is 14.4 Å². The van der Waals surface area contributed by atoms with Gasteiger partial charge in [0.2, 0.25) is 0 Å². The zero-order chi connectivity index (χ0) is 19.6. The SMILES string of the molecule is COc1ccccc1NC(=O)N1CCC2(C=C(c3ccc(C)cc3)NO2)CC1. The Balaban J connectivity index is 1.39. The van der Waals surface area contributed by atoms with E-state index in [0.717, 1.165) is 24.1 Å². The van der Waals surface area contributed by atoms with Crippen LogP contribution in [-0.2, 0) is 4.84 Å². The Kier molecular flexibility index (Phi) is 4.96. The summed E-state index contributed by atoms with van der Waals surface area (Å²) in [4.78, 5) is 20.4. The average Bonchev–Trinajstić information content (AvgIpc) is 3.13. The van der Waals surface area contributed by atoms with E-state index in [0.29, 0.717) is 24.5 Å². The maximum absolute atomic E-state index is 12.6. The molecule has 2 aromatic carbocycles. The maximum Gasteiger partial charge on any atom is 0.321 e. The van der Waals surface area contributed by atoms with Crippen molar-refractivity contribution in [2.75, 3.05) is 25.5 Å². The predicted octanol–water partition coefficient (Wildman–Crippen LogP) is 3.95. The van der Waals surface area contributed by atoms with Gasteiger partial charge in [-0.15, -0.1) is 0 Å². The Morgan fingerprint density at radius 3 is 2.57 bits per heavy atom. The molecule has 1 spiro atoms.